The summed E-state index contributed by atoms with van der Waals surface area (Å²) < 4.78 is 5.75. The maximum Gasteiger partial charge on any atom is 0.247 e. The van der Waals surface area contributed by atoms with Crippen molar-refractivity contribution in [3.8, 4) is 11.5 Å². The lowest BCUT2D eigenvalue weighted by molar-refractivity contribution is 0.105. The Bertz CT molecular complexity index is 609. The van der Waals surface area contributed by atoms with Crippen LogP contribution in [0.3, 0.4) is 0 Å². The third-order valence-electron chi connectivity index (χ3n) is 4.34. The molecule has 1 N–H and O–H groups in total. The van der Waals surface area contributed by atoms with Crippen LogP contribution in [0, 0.1) is 12.8 Å². The van der Waals surface area contributed by atoms with Crippen molar-refractivity contribution in [3.05, 3.63) is 35.7 Å². The molecule has 3 rings (SSSR count). The van der Waals surface area contributed by atoms with Gasteiger partial charge in [0.25, 0.3) is 0 Å². The average molecular weight is 301 g/mol. The third-order valence-corrected chi connectivity index (χ3v) is 4.34. The van der Waals surface area contributed by atoms with Crippen LogP contribution in [-0.2, 0) is 6.54 Å². The predicted octanol–water partition coefficient (Wildman–Crippen LogP) is 2.64. The van der Waals surface area contributed by atoms with Crippen LogP contribution in [0.4, 0.5) is 0 Å². The fourth-order valence-corrected chi connectivity index (χ4v) is 3.06. The van der Waals surface area contributed by atoms with Crippen LogP contribution >= 0.6 is 0 Å². The van der Waals surface area contributed by atoms with Crippen molar-refractivity contribution in [1.29, 1.82) is 0 Å². The molecule has 1 aliphatic carbocycles. The Balaban J connectivity index is 1.60. The highest BCUT2D eigenvalue weighted by molar-refractivity contribution is 5.52. The standard InChI is InChI=1S/C17H23N3O2/c1-12-6-8-13(9-7-12)17-19-18-16(22-17)11-20(2)10-14-4-3-5-15(14)21/h6-9,14-15,21H,3-5,10-11H2,1-2H3. The van der Waals surface area contributed by atoms with Gasteiger partial charge in [-0.15, -0.1) is 10.2 Å². The van der Waals surface area contributed by atoms with E-state index in [1.54, 1.807) is 0 Å². The average Bonchev–Trinajstić information content (AvgIpc) is 3.10. The monoisotopic (exact) mass is 301 g/mol. The van der Waals surface area contributed by atoms with Gasteiger partial charge < -0.3 is 9.52 Å². The fourth-order valence-electron chi connectivity index (χ4n) is 3.06. The molecular weight excluding hydrogens is 278 g/mol. The third kappa shape index (κ3) is 3.54. The molecule has 2 unspecified atom stereocenters. The summed E-state index contributed by atoms with van der Waals surface area (Å²) in [6.45, 7) is 3.53. The fraction of sp³-hybridized carbons (Fsp3) is 0.529. The van der Waals surface area contributed by atoms with Gasteiger partial charge in [0, 0.05) is 12.1 Å². The van der Waals surface area contributed by atoms with Crippen molar-refractivity contribution in [1.82, 2.24) is 15.1 Å². The van der Waals surface area contributed by atoms with Crippen LogP contribution in [0.2, 0.25) is 0 Å². The van der Waals surface area contributed by atoms with Gasteiger partial charge in [-0.1, -0.05) is 24.1 Å². The Hall–Kier alpha value is -1.72. The molecule has 5 heteroatoms. The van der Waals surface area contributed by atoms with Gasteiger partial charge in [-0.05, 0) is 44.9 Å². The lowest BCUT2D eigenvalue weighted by Crippen LogP contribution is -2.29. The van der Waals surface area contributed by atoms with Crippen LogP contribution in [-0.4, -0.2) is 39.9 Å². The van der Waals surface area contributed by atoms with E-state index in [9.17, 15) is 5.11 Å². The molecule has 1 saturated carbocycles. The van der Waals surface area contributed by atoms with Gasteiger partial charge in [0.2, 0.25) is 11.8 Å². The summed E-state index contributed by atoms with van der Waals surface area (Å²) in [6, 6.07) is 8.05. The molecule has 0 amide bonds. The van der Waals surface area contributed by atoms with Crippen LogP contribution in [0.15, 0.2) is 28.7 Å². The summed E-state index contributed by atoms with van der Waals surface area (Å²) in [4.78, 5) is 2.14. The molecule has 1 aliphatic rings. The number of nitrogens with zero attached hydrogens (tertiary/aromatic N) is 3. The molecule has 0 bridgehead atoms. The minimum atomic E-state index is -0.159. The Morgan fingerprint density at radius 2 is 2.00 bits per heavy atom. The van der Waals surface area contributed by atoms with Gasteiger partial charge in [-0.3, -0.25) is 4.90 Å². The molecule has 2 aromatic rings. The van der Waals surface area contributed by atoms with Gasteiger partial charge in [0.1, 0.15) is 0 Å². The first-order valence-electron chi connectivity index (χ1n) is 7.88. The molecule has 1 aromatic heterocycles. The summed E-state index contributed by atoms with van der Waals surface area (Å²) in [5, 5.41) is 18.2. The molecule has 118 valence electrons. The highest BCUT2D eigenvalue weighted by Crippen LogP contribution is 2.26. The van der Waals surface area contributed by atoms with E-state index in [0.717, 1.165) is 31.4 Å². The molecule has 1 heterocycles. The van der Waals surface area contributed by atoms with E-state index < -0.39 is 0 Å². The maximum absolute atomic E-state index is 9.90. The molecule has 0 radical (unpaired) electrons. The van der Waals surface area contributed by atoms with Crippen molar-refractivity contribution < 1.29 is 9.52 Å². The molecule has 1 aromatic carbocycles. The highest BCUT2D eigenvalue weighted by atomic mass is 16.4. The second kappa shape index (κ2) is 6.58. The Labute approximate surface area is 131 Å². The number of aromatic nitrogens is 2. The largest absolute Gasteiger partial charge is 0.419 e. The van der Waals surface area contributed by atoms with Gasteiger partial charge in [0.05, 0.1) is 12.6 Å². The van der Waals surface area contributed by atoms with E-state index in [4.69, 9.17) is 4.42 Å². The second-order valence-corrected chi connectivity index (χ2v) is 6.32. The minimum Gasteiger partial charge on any atom is -0.419 e. The zero-order chi connectivity index (χ0) is 15.5. The summed E-state index contributed by atoms with van der Waals surface area (Å²) >= 11 is 0. The summed E-state index contributed by atoms with van der Waals surface area (Å²) in [5.41, 5.74) is 2.15. The van der Waals surface area contributed by atoms with E-state index in [1.807, 2.05) is 31.3 Å². The molecule has 1 fully saturated rings. The quantitative estimate of drug-likeness (QED) is 0.920. The molecule has 0 saturated heterocycles. The highest BCUT2D eigenvalue weighted by Gasteiger charge is 2.26. The maximum atomic E-state index is 9.90. The van der Waals surface area contributed by atoms with Crippen LogP contribution in [0.25, 0.3) is 11.5 Å². The summed E-state index contributed by atoms with van der Waals surface area (Å²) in [7, 11) is 2.03. The molecule has 0 spiro atoms. The molecule has 5 nitrogen and oxygen atoms in total. The Kier molecular flexibility index (Phi) is 4.55. The number of hydrogen-bond acceptors (Lipinski definition) is 5. The number of rotatable bonds is 5. The zero-order valence-corrected chi connectivity index (χ0v) is 13.2. The molecule has 0 aliphatic heterocycles. The first kappa shape index (κ1) is 15.2. The van der Waals surface area contributed by atoms with Gasteiger partial charge in [-0.2, -0.15) is 0 Å². The van der Waals surface area contributed by atoms with Gasteiger partial charge in [0.15, 0.2) is 0 Å². The van der Waals surface area contributed by atoms with E-state index in [0.29, 0.717) is 24.2 Å². The van der Waals surface area contributed by atoms with Crippen molar-refractivity contribution in [2.24, 2.45) is 5.92 Å². The lowest BCUT2D eigenvalue weighted by atomic mass is 10.1. The summed E-state index contributed by atoms with van der Waals surface area (Å²) in [5.74, 6) is 1.54. The topological polar surface area (TPSA) is 62.4 Å². The van der Waals surface area contributed by atoms with E-state index >= 15 is 0 Å². The van der Waals surface area contributed by atoms with Crippen molar-refractivity contribution >= 4 is 0 Å². The van der Waals surface area contributed by atoms with Crippen LogP contribution in [0.5, 0.6) is 0 Å². The number of hydrogen-bond donors (Lipinski definition) is 1. The smallest absolute Gasteiger partial charge is 0.247 e. The van der Waals surface area contributed by atoms with Gasteiger partial charge >= 0.3 is 0 Å². The van der Waals surface area contributed by atoms with E-state index in [2.05, 4.69) is 22.0 Å². The number of benzene rings is 1. The zero-order valence-electron chi connectivity index (χ0n) is 13.2. The molecule has 2 atom stereocenters. The first-order valence-corrected chi connectivity index (χ1v) is 7.88. The normalized spacial score (nSPS) is 21.6. The molecule has 22 heavy (non-hydrogen) atoms. The second-order valence-electron chi connectivity index (χ2n) is 6.32. The predicted molar refractivity (Wildman–Crippen MR) is 84.2 cm³/mol. The van der Waals surface area contributed by atoms with Crippen molar-refractivity contribution in [2.45, 2.75) is 38.8 Å². The number of aliphatic hydroxyl groups is 1. The van der Waals surface area contributed by atoms with E-state index in [-0.39, 0.29) is 6.10 Å². The minimum absolute atomic E-state index is 0.159. The van der Waals surface area contributed by atoms with Crippen molar-refractivity contribution in [2.75, 3.05) is 13.6 Å². The van der Waals surface area contributed by atoms with E-state index in [1.165, 1.54) is 5.56 Å². The number of aryl methyl sites for hydroxylation is 1. The Morgan fingerprint density at radius 1 is 1.23 bits per heavy atom. The summed E-state index contributed by atoms with van der Waals surface area (Å²) in [6.07, 6.45) is 2.99. The molecular formula is C17H23N3O2. The first-order chi connectivity index (χ1) is 10.6. The van der Waals surface area contributed by atoms with Crippen LogP contribution in [0.1, 0.15) is 30.7 Å². The van der Waals surface area contributed by atoms with Crippen molar-refractivity contribution in [3.63, 3.8) is 0 Å². The van der Waals surface area contributed by atoms with Crippen LogP contribution < -0.4 is 0 Å². The SMILES string of the molecule is Cc1ccc(-c2nnc(CN(C)CC3CCCC3O)o2)cc1. The van der Waals surface area contributed by atoms with Gasteiger partial charge in [-0.25, -0.2) is 0 Å². The Morgan fingerprint density at radius 3 is 2.68 bits per heavy atom. The lowest BCUT2D eigenvalue weighted by Gasteiger charge is -2.21. The number of aliphatic hydroxyl groups excluding tert-OH is 1.